The Morgan fingerprint density at radius 3 is 2.50 bits per heavy atom. The van der Waals surface area contributed by atoms with Crippen molar-refractivity contribution < 1.29 is 14.3 Å². The predicted octanol–water partition coefficient (Wildman–Crippen LogP) is 2.74. The molecule has 1 N–H and O–H groups in total. The molecule has 0 fully saturated rings. The van der Waals surface area contributed by atoms with E-state index in [1.807, 2.05) is 20.8 Å². The summed E-state index contributed by atoms with van der Waals surface area (Å²) in [6, 6.07) is 0.0367. The van der Waals surface area contributed by atoms with Crippen molar-refractivity contribution in [2.45, 2.75) is 45.3 Å². The largest absolute Gasteiger partial charge is 0.444 e. The summed E-state index contributed by atoms with van der Waals surface area (Å²) in [4.78, 5) is 11.5. The lowest BCUT2D eigenvalue weighted by molar-refractivity contribution is 0.0464. The van der Waals surface area contributed by atoms with Crippen molar-refractivity contribution in [3.63, 3.8) is 0 Å². The number of rotatable bonds is 6. The van der Waals surface area contributed by atoms with E-state index in [0.717, 1.165) is 17.3 Å². The number of nitrogens with one attached hydrogen (secondary N) is 1. The Labute approximate surface area is 112 Å². The Morgan fingerprint density at radius 1 is 1.44 bits per heavy atom. The minimum Gasteiger partial charge on any atom is -0.444 e. The average molecular weight is 343 g/mol. The topological polar surface area (TPSA) is 47.6 Å². The third-order valence-electron chi connectivity index (χ3n) is 1.77. The van der Waals surface area contributed by atoms with Crippen LogP contribution in [0.15, 0.2) is 0 Å². The molecule has 0 aliphatic rings. The van der Waals surface area contributed by atoms with Crippen LogP contribution in [0.3, 0.4) is 0 Å². The van der Waals surface area contributed by atoms with Crippen molar-refractivity contribution in [3.05, 3.63) is 0 Å². The number of alkyl halides is 1. The predicted molar refractivity (Wildman–Crippen MR) is 73.2 cm³/mol. The number of hydrogen-bond acceptors (Lipinski definition) is 3. The van der Waals surface area contributed by atoms with Gasteiger partial charge in [-0.25, -0.2) is 4.79 Å². The molecule has 0 heterocycles. The van der Waals surface area contributed by atoms with E-state index in [4.69, 9.17) is 9.47 Å². The molecule has 4 nitrogen and oxygen atoms in total. The SMILES string of the molecule is COC[C@@H](CCCI)NC(=O)OC(C)(C)C. The van der Waals surface area contributed by atoms with E-state index in [0.29, 0.717) is 6.61 Å². The summed E-state index contributed by atoms with van der Waals surface area (Å²) in [6.45, 7) is 6.07. The summed E-state index contributed by atoms with van der Waals surface area (Å²) in [6.07, 6.45) is 1.60. The van der Waals surface area contributed by atoms with Crippen LogP contribution in [0.2, 0.25) is 0 Å². The van der Waals surface area contributed by atoms with Crippen molar-refractivity contribution in [2.24, 2.45) is 0 Å². The molecule has 0 aromatic carbocycles. The van der Waals surface area contributed by atoms with Gasteiger partial charge in [0, 0.05) is 7.11 Å². The molecule has 0 unspecified atom stereocenters. The summed E-state index contributed by atoms with van der Waals surface area (Å²) >= 11 is 2.32. The molecule has 0 radical (unpaired) electrons. The Morgan fingerprint density at radius 2 is 2.06 bits per heavy atom. The van der Waals surface area contributed by atoms with Gasteiger partial charge in [0.15, 0.2) is 0 Å². The van der Waals surface area contributed by atoms with Crippen molar-refractivity contribution in [3.8, 4) is 0 Å². The fourth-order valence-electron chi connectivity index (χ4n) is 1.20. The zero-order valence-corrected chi connectivity index (χ0v) is 12.7. The van der Waals surface area contributed by atoms with E-state index in [1.54, 1.807) is 7.11 Å². The number of amides is 1. The smallest absolute Gasteiger partial charge is 0.407 e. The molecule has 0 aliphatic heterocycles. The molecule has 0 aliphatic carbocycles. The van der Waals surface area contributed by atoms with Gasteiger partial charge in [0.1, 0.15) is 5.60 Å². The zero-order valence-electron chi connectivity index (χ0n) is 10.5. The van der Waals surface area contributed by atoms with Gasteiger partial charge in [-0.05, 0) is 38.0 Å². The molecule has 0 bridgehead atoms. The van der Waals surface area contributed by atoms with Gasteiger partial charge in [-0.2, -0.15) is 0 Å². The van der Waals surface area contributed by atoms with Gasteiger partial charge in [-0.1, -0.05) is 22.6 Å². The molecule has 1 atom stereocenters. The number of ether oxygens (including phenoxy) is 2. The maximum absolute atomic E-state index is 11.5. The Hall–Kier alpha value is -0.0400. The zero-order chi connectivity index (χ0) is 12.6. The molecule has 0 spiro atoms. The molecule has 0 aromatic heterocycles. The second-order valence-electron chi connectivity index (χ2n) is 4.63. The van der Waals surface area contributed by atoms with E-state index in [9.17, 15) is 4.79 Å². The number of methoxy groups -OCH3 is 1. The fourth-order valence-corrected chi connectivity index (χ4v) is 1.64. The first-order valence-electron chi connectivity index (χ1n) is 5.43. The molecule has 16 heavy (non-hydrogen) atoms. The summed E-state index contributed by atoms with van der Waals surface area (Å²) in [7, 11) is 1.63. The van der Waals surface area contributed by atoms with Gasteiger partial charge in [0.05, 0.1) is 12.6 Å². The highest BCUT2D eigenvalue weighted by Crippen LogP contribution is 2.08. The Bertz CT molecular complexity index is 204. The third kappa shape index (κ3) is 9.21. The van der Waals surface area contributed by atoms with E-state index in [2.05, 4.69) is 27.9 Å². The van der Waals surface area contributed by atoms with Gasteiger partial charge >= 0.3 is 6.09 Å². The van der Waals surface area contributed by atoms with Gasteiger partial charge in [-0.3, -0.25) is 0 Å². The number of carbonyl (C=O) groups excluding carboxylic acids is 1. The normalized spacial score (nSPS) is 13.3. The molecule has 5 heteroatoms. The lowest BCUT2D eigenvalue weighted by Crippen LogP contribution is -2.41. The summed E-state index contributed by atoms with van der Waals surface area (Å²) in [5.74, 6) is 0. The van der Waals surface area contributed by atoms with E-state index in [-0.39, 0.29) is 12.1 Å². The number of alkyl carbamates (subject to hydrolysis) is 1. The van der Waals surface area contributed by atoms with Crippen molar-refractivity contribution in [1.29, 1.82) is 0 Å². The van der Waals surface area contributed by atoms with Crippen LogP contribution < -0.4 is 5.32 Å². The summed E-state index contributed by atoms with van der Waals surface area (Å²) in [5, 5.41) is 2.82. The van der Waals surface area contributed by atoms with Crippen molar-refractivity contribution in [2.75, 3.05) is 18.1 Å². The molecule has 1 amide bonds. The monoisotopic (exact) mass is 343 g/mol. The minimum absolute atomic E-state index is 0.0367. The first-order chi connectivity index (χ1) is 7.39. The minimum atomic E-state index is -0.453. The highest BCUT2D eigenvalue weighted by molar-refractivity contribution is 14.1. The van der Waals surface area contributed by atoms with Crippen LogP contribution in [0.5, 0.6) is 0 Å². The summed E-state index contributed by atoms with van der Waals surface area (Å²) in [5.41, 5.74) is -0.453. The lowest BCUT2D eigenvalue weighted by atomic mass is 10.2. The van der Waals surface area contributed by atoms with E-state index in [1.165, 1.54) is 0 Å². The second-order valence-corrected chi connectivity index (χ2v) is 5.71. The molecule has 96 valence electrons. The highest BCUT2D eigenvalue weighted by Gasteiger charge is 2.19. The maximum Gasteiger partial charge on any atom is 0.407 e. The first kappa shape index (κ1) is 16.0. The number of hydrogen-bond donors (Lipinski definition) is 1. The third-order valence-corrected chi connectivity index (χ3v) is 2.54. The first-order valence-corrected chi connectivity index (χ1v) is 6.96. The highest BCUT2D eigenvalue weighted by atomic mass is 127. The Kier molecular flexibility index (Phi) is 8.09. The maximum atomic E-state index is 11.5. The van der Waals surface area contributed by atoms with Crippen molar-refractivity contribution >= 4 is 28.7 Å². The van der Waals surface area contributed by atoms with Gasteiger partial charge in [0.2, 0.25) is 0 Å². The van der Waals surface area contributed by atoms with Crippen LogP contribution in [0.1, 0.15) is 33.6 Å². The van der Waals surface area contributed by atoms with Crippen LogP contribution in [0, 0.1) is 0 Å². The molecule has 0 saturated heterocycles. The van der Waals surface area contributed by atoms with Crippen LogP contribution in [-0.2, 0) is 9.47 Å². The number of carbonyl (C=O) groups is 1. The lowest BCUT2D eigenvalue weighted by Gasteiger charge is -2.23. The van der Waals surface area contributed by atoms with Crippen LogP contribution in [-0.4, -0.2) is 35.9 Å². The fraction of sp³-hybridized carbons (Fsp3) is 0.909. The van der Waals surface area contributed by atoms with Gasteiger partial charge in [-0.15, -0.1) is 0 Å². The molecule has 0 rings (SSSR count). The standard InChI is InChI=1S/C11H22INO3/c1-11(2,3)16-10(14)13-9(8-15-4)6-5-7-12/h9H,5-8H2,1-4H3,(H,13,14)/t9-/m1/s1. The second kappa shape index (κ2) is 8.11. The average Bonchev–Trinajstić information content (AvgIpc) is 2.11. The molecular weight excluding hydrogens is 321 g/mol. The van der Waals surface area contributed by atoms with Crippen LogP contribution in [0.25, 0.3) is 0 Å². The number of halogens is 1. The van der Waals surface area contributed by atoms with Crippen LogP contribution >= 0.6 is 22.6 Å². The van der Waals surface area contributed by atoms with E-state index >= 15 is 0 Å². The molecular formula is C11H22INO3. The molecule has 0 aromatic rings. The molecule has 0 saturated carbocycles. The quantitative estimate of drug-likeness (QED) is 0.596. The van der Waals surface area contributed by atoms with Crippen LogP contribution in [0.4, 0.5) is 4.79 Å². The summed E-state index contributed by atoms with van der Waals surface area (Å²) < 4.78 is 11.3. The van der Waals surface area contributed by atoms with Crippen molar-refractivity contribution in [1.82, 2.24) is 5.32 Å². The van der Waals surface area contributed by atoms with E-state index < -0.39 is 5.60 Å². The van der Waals surface area contributed by atoms with Gasteiger partial charge < -0.3 is 14.8 Å². The Balaban J connectivity index is 4.02. The van der Waals surface area contributed by atoms with Gasteiger partial charge in [0.25, 0.3) is 0 Å².